The molecule has 2 aliphatic heterocycles. The van der Waals surface area contributed by atoms with Gasteiger partial charge in [0.05, 0.1) is 0 Å². The third-order valence-corrected chi connectivity index (χ3v) is 5.67. The van der Waals surface area contributed by atoms with E-state index in [1.165, 1.54) is 65.3 Å². The lowest BCUT2D eigenvalue weighted by atomic mass is 10.2. The van der Waals surface area contributed by atoms with Crippen LogP contribution in [0, 0.1) is 5.92 Å². The van der Waals surface area contributed by atoms with E-state index in [2.05, 4.69) is 47.7 Å². The fraction of sp³-hybridized carbons (Fsp3) is 1.00. The quantitative estimate of drug-likeness (QED) is 0.537. The molecule has 0 aromatic rings. The Morgan fingerprint density at radius 3 is 2.28 bits per heavy atom. The first-order valence-corrected chi connectivity index (χ1v) is 8.24. The first-order chi connectivity index (χ1) is 8.72. The highest BCUT2D eigenvalue weighted by Gasteiger charge is 2.43. The highest BCUT2D eigenvalue weighted by atomic mass is 127. The molecule has 2 saturated heterocycles. The van der Waals surface area contributed by atoms with Crippen LogP contribution >= 0.6 is 22.9 Å². The molecule has 0 bridgehead atoms. The highest BCUT2D eigenvalue weighted by Crippen LogP contribution is 2.37. The molecular weight excluding hydrogens is 339 g/mol. The molecule has 3 rings (SSSR count). The van der Waals surface area contributed by atoms with E-state index in [-0.39, 0.29) is 0 Å². The lowest BCUT2D eigenvalue weighted by Gasteiger charge is -2.34. The summed E-state index contributed by atoms with van der Waals surface area (Å²) in [5.41, 5.74) is 0. The van der Waals surface area contributed by atoms with E-state index in [1.807, 2.05) is 0 Å². The molecule has 0 N–H and O–H groups in total. The molecule has 2 heterocycles. The van der Waals surface area contributed by atoms with Gasteiger partial charge >= 0.3 is 0 Å². The van der Waals surface area contributed by atoms with Crippen LogP contribution in [0.15, 0.2) is 0 Å². The van der Waals surface area contributed by atoms with Crippen LogP contribution in [0.3, 0.4) is 0 Å². The van der Waals surface area contributed by atoms with Gasteiger partial charge in [-0.2, -0.15) is 0 Å². The summed E-state index contributed by atoms with van der Waals surface area (Å²) in [6.07, 6.45) is 1.45. The predicted octanol–water partition coefficient (Wildman–Crippen LogP) is 0.590. The topological polar surface area (TPSA) is 13.0 Å². The maximum atomic E-state index is 2.73. The van der Waals surface area contributed by atoms with Crippen LogP contribution < -0.4 is 0 Å². The highest BCUT2D eigenvalue weighted by molar-refractivity contribution is 14.1. The molecule has 0 radical (unpaired) electrons. The molecule has 18 heavy (non-hydrogen) atoms. The van der Waals surface area contributed by atoms with Gasteiger partial charge in [0.2, 0.25) is 0 Å². The van der Waals surface area contributed by atoms with Gasteiger partial charge in [-0.3, -0.25) is 4.90 Å². The molecule has 2 unspecified atom stereocenters. The lowest BCUT2D eigenvalue weighted by Crippen LogP contribution is -2.46. The molecule has 0 amide bonds. The summed E-state index contributed by atoms with van der Waals surface area (Å²) in [5.74, 6) is 0.967. The number of hydrogen-bond acceptors (Lipinski definition) is 4. The van der Waals surface area contributed by atoms with Crippen molar-refractivity contribution in [3.8, 4) is 0 Å². The van der Waals surface area contributed by atoms with E-state index >= 15 is 0 Å². The number of hydrogen-bond donors (Lipinski definition) is 0. The van der Waals surface area contributed by atoms with Gasteiger partial charge in [-0.25, -0.2) is 3.11 Å². The second-order valence-electron chi connectivity index (χ2n) is 6.11. The molecule has 5 heteroatoms. The normalized spacial score (nSPS) is 37.0. The second kappa shape index (κ2) is 5.91. The van der Waals surface area contributed by atoms with Crippen molar-refractivity contribution in [2.45, 2.75) is 12.5 Å². The van der Waals surface area contributed by atoms with E-state index in [0.717, 1.165) is 12.0 Å². The van der Waals surface area contributed by atoms with Crippen molar-refractivity contribution in [3.05, 3.63) is 0 Å². The Bertz CT molecular complexity index is 272. The van der Waals surface area contributed by atoms with Crippen LogP contribution in [0.1, 0.15) is 6.42 Å². The molecule has 0 spiro atoms. The van der Waals surface area contributed by atoms with Crippen LogP contribution in [-0.4, -0.2) is 89.8 Å². The molecule has 104 valence electrons. The number of likely N-dealkylation sites (N-methyl/N-ethyl adjacent to an activating group) is 1. The second-order valence-corrected chi connectivity index (χ2v) is 7.48. The van der Waals surface area contributed by atoms with Gasteiger partial charge < -0.3 is 9.80 Å². The fourth-order valence-corrected chi connectivity index (χ4v) is 3.70. The Kier molecular flexibility index (Phi) is 4.45. The van der Waals surface area contributed by atoms with E-state index in [9.17, 15) is 0 Å². The largest absolute Gasteiger partial charge is 0.304 e. The van der Waals surface area contributed by atoms with Crippen LogP contribution in [-0.2, 0) is 0 Å². The Morgan fingerprint density at radius 1 is 0.944 bits per heavy atom. The van der Waals surface area contributed by atoms with Crippen molar-refractivity contribution in [2.75, 3.05) is 66.0 Å². The van der Waals surface area contributed by atoms with Crippen molar-refractivity contribution in [1.29, 1.82) is 0 Å². The average molecular weight is 364 g/mol. The number of halogens is 1. The summed E-state index contributed by atoms with van der Waals surface area (Å²) in [7, 11) is 2.24. The number of piperazine rings is 2. The van der Waals surface area contributed by atoms with Crippen LogP contribution in [0.2, 0.25) is 0 Å². The fourth-order valence-electron chi connectivity index (χ4n) is 3.27. The third kappa shape index (κ3) is 3.36. The Hall–Kier alpha value is 0.570. The van der Waals surface area contributed by atoms with Crippen molar-refractivity contribution in [2.24, 2.45) is 5.92 Å². The monoisotopic (exact) mass is 364 g/mol. The molecule has 0 aromatic carbocycles. The standard InChI is InChI=1S/C13H25IN4/c1-15-2-4-16(5-3-15)11-12-10-13(12)17-6-8-18(14)9-7-17/h12-13H,2-11H2,1H3. The molecule has 2 atom stereocenters. The molecular formula is C13H25IN4. The SMILES string of the molecule is CN1CCN(CC2CC2N2CCN(I)CC2)CC1. The summed E-state index contributed by atoms with van der Waals surface area (Å²) in [6, 6.07) is 0.912. The minimum Gasteiger partial charge on any atom is -0.304 e. The average Bonchev–Trinajstić information content (AvgIpc) is 3.12. The van der Waals surface area contributed by atoms with Crippen LogP contribution in [0.5, 0.6) is 0 Å². The van der Waals surface area contributed by atoms with Gasteiger partial charge in [0.25, 0.3) is 0 Å². The molecule has 3 fully saturated rings. The zero-order valence-electron chi connectivity index (χ0n) is 11.4. The van der Waals surface area contributed by atoms with Crippen LogP contribution in [0.25, 0.3) is 0 Å². The molecule has 1 saturated carbocycles. The first-order valence-electron chi connectivity index (χ1n) is 7.28. The minimum absolute atomic E-state index is 0.912. The van der Waals surface area contributed by atoms with Crippen LogP contribution in [0.4, 0.5) is 0 Å². The van der Waals surface area contributed by atoms with E-state index < -0.39 is 0 Å². The summed E-state index contributed by atoms with van der Waals surface area (Å²) in [4.78, 5) is 7.86. The summed E-state index contributed by atoms with van der Waals surface area (Å²) in [5, 5.41) is 0. The van der Waals surface area contributed by atoms with Crippen molar-refractivity contribution in [3.63, 3.8) is 0 Å². The van der Waals surface area contributed by atoms with Gasteiger partial charge in [0.15, 0.2) is 0 Å². The van der Waals surface area contributed by atoms with Gasteiger partial charge in [-0.15, -0.1) is 0 Å². The molecule has 4 nitrogen and oxygen atoms in total. The van der Waals surface area contributed by atoms with Gasteiger partial charge in [-0.05, 0) is 19.4 Å². The molecule has 1 aliphatic carbocycles. The summed E-state index contributed by atoms with van der Waals surface area (Å²) < 4.78 is 2.42. The van der Waals surface area contributed by atoms with Gasteiger partial charge in [-0.1, -0.05) is 0 Å². The molecule has 3 aliphatic rings. The zero-order valence-corrected chi connectivity index (χ0v) is 13.6. The lowest BCUT2D eigenvalue weighted by molar-refractivity contribution is 0.137. The first kappa shape index (κ1) is 13.5. The predicted molar refractivity (Wildman–Crippen MR) is 83.0 cm³/mol. The zero-order chi connectivity index (χ0) is 12.5. The third-order valence-electron chi connectivity index (χ3n) is 4.70. The Balaban J connectivity index is 1.39. The van der Waals surface area contributed by atoms with E-state index in [1.54, 1.807) is 0 Å². The van der Waals surface area contributed by atoms with Crippen molar-refractivity contribution in [1.82, 2.24) is 17.8 Å². The van der Waals surface area contributed by atoms with E-state index in [0.29, 0.717) is 0 Å². The Morgan fingerprint density at radius 2 is 1.61 bits per heavy atom. The van der Waals surface area contributed by atoms with E-state index in [4.69, 9.17) is 0 Å². The maximum absolute atomic E-state index is 2.73. The maximum Gasteiger partial charge on any atom is 0.0209 e. The number of nitrogens with zero attached hydrogens (tertiary/aromatic N) is 4. The summed E-state index contributed by atoms with van der Waals surface area (Å²) in [6.45, 7) is 11.5. The Labute approximate surface area is 125 Å². The van der Waals surface area contributed by atoms with Gasteiger partial charge in [0.1, 0.15) is 0 Å². The summed E-state index contributed by atoms with van der Waals surface area (Å²) >= 11 is 2.46. The van der Waals surface area contributed by atoms with Crippen molar-refractivity contribution >= 4 is 22.9 Å². The smallest absolute Gasteiger partial charge is 0.0209 e. The van der Waals surface area contributed by atoms with Crippen molar-refractivity contribution < 1.29 is 0 Å². The molecule has 0 aromatic heterocycles. The number of rotatable bonds is 3. The minimum atomic E-state index is 0.912. The van der Waals surface area contributed by atoms with Gasteiger partial charge in [0, 0.05) is 87.8 Å².